The summed E-state index contributed by atoms with van der Waals surface area (Å²) in [6.45, 7) is 4.56. The van der Waals surface area contributed by atoms with Gasteiger partial charge in [0.15, 0.2) is 6.10 Å². The third kappa shape index (κ3) is 4.09. The molecule has 4 heteroatoms. The second-order valence-corrected chi connectivity index (χ2v) is 5.76. The first-order valence-electron chi connectivity index (χ1n) is 8.36. The number of morpholine rings is 1. The van der Waals surface area contributed by atoms with E-state index in [1.165, 1.54) is 0 Å². The Morgan fingerprint density at radius 3 is 2.87 bits per heavy atom. The highest BCUT2D eigenvalue weighted by molar-refractivity contribution is 5.29. The molecule has 1 fully saturated rings. The van der Waals surface area contributed by atoms with Crippen molar-refractivity contribution < 1.29 is 9.47 Å². The van der Waals surface area contributed by atoms with Gasteiger partial charge in [0.25, 0.3) is 0 Å². The van der Waals surface area contributed by atoms with Crippen LogP contribution < -0.4 is 10.1 Å². The van der Waals surface area contributed by atoms with Crippen molar-refractivity contribution in [3.05, 3.63) is 59.9 Å². The van der Waals surface area contributed by atoms with Crippen molar-refractivity contribution in [3.8, 4) is 5.75 Å². The van der Waals surface area contributed by atoms with Gasteiger partial charge in [-0.1, -0.05) is 43.7 Å². The fourth-order valence-electron chi connectivity index (χ4n) is 2.87. The van der Waals surface area contributed by atoms with E-state index >= 15 is 0 Å². The summed E-state index contributed by atoms with van der Waals surface area (Å²) < 4.78 is 12.4. The molecule has 1 saturated heterocycles. The van der Waals surface area contributed by atoms with Gasteiger partial charge in [-0.3, -0.25) is 4.98 Å². The minimum Gasteiger partial charge on any atom is -0.481 e. The summed E-state index contributed by atoms with van der Waals surface area (Å²) in [6.07, 6.45) is 3.66. The van der Waals surface area contributed by atoms with Gasteiger partial charge in [0.05, 0.1) is 12.3 Å². The predicted molar refractivity (Wildman–Crippen MR) is 90.7 cm³/mol. The molecule has 0 radical (unpaired) electrons. The predicted octanol–water partition coefficient (Wildman–Crippen LogP) is 3.14. The van der Waals surface area contributed by atoms with Crippen molar-refractivity contribution in [3.63, 3.8) is 0 Å². The van der Waals surface area contributed by atoms with E-state index in [9.17, 15) is 0 Å². The highest BCUT2D eigenvalue weighted by Gasteiger charge is 2.28. The minimum atomic E-state index is -0.135. The molecular formula is C19H24N2O2. The Morgan fingerprint density at radius 2 is 2.13 bits per heavy atom. The highest BCUT2D eigenvalue weighted by atomic mass is 16.5. The summed E-state index contributed by atoms with van der Waals surface area (Å²) in [6, 6.07) is 14.2. The Morgan fingerprint density at radius 1 is 1.26 bits per heavy atom. The number of ether oxygens (including phenoxy) is 2. The maximum absolute atomic E-state index is 6.40. The van der Waals surface area contributed by atoms with Crippen LogP contribution in [-0.2, 0) is 11.2 Å². The van der Waals surface area contributed by atoms with Crippen molar-refractivity contribution >= 4 is 0 Å². The summed E-state index contributed by atoms with van der Waals surface area (Å²) in [7, 11) is 0. The Balaban J connectivity index is 1.86. The number of rotatable bonds is 6. The average Bonchev–Trinajstić information content (AvgIpc) is 2.63. The normalized spacial score (nSPS) is 19.3. The molecule has 122 valence electrons. The zero-order chi connectivity index (χ0) is 15.9. The lowest BCUT2D eigenvalue weighted by Crippen LogP contribution is -2.43. The van der Waals surface area contributed by atoms with E-state index in [-0.39, 0.29) is 12.2 Å². The molecule has 2 heterocycles. The molecule has 1 aromatic carbocycles. The molecule has 2 unspecified atom stereocenters. The summed E-state index contributed by atoms with van der Waals surface area (Å²) in [5.41, 5.74) is 2.15. The SMILES string of the molecule is CCCc1ncccc1OC(c1ccccc1)C1CNCCO1. The van der Waals surface area contributed by atoms with Crippen LogP contribution in [0, 0.1) is 0 Å². The summed E-state index contributed by atoms with van der Waals surface area (Å²) >= 11 is 0. The molecule has 23 heavy (non-hydrogen) atoms. The molecule has 2 atom stereocenters. The molecule has 0 saturated carbocycles. The van der Waals surface area contributed by atoms with E-state index in [4.69, 9.17) is 9.47 Å². The van der Waals surface area contributed by atoms with E-state index in [0.717, 1.165) is 42.9 Å². The van der Waals surface area contributed by atoms with Gasteiger partial charge < -0.3 is 14.8 Å². The quantitative estimate of drug-likeness (QED) is 0.890. The zero-order valence-electron chi connectivity index (χ0n) is 13.6. The first-order chi connectivity index (χ1) is 11.4. The summed E-state index contributed by atoms with van der Waals surface area (Å²) in [4.78, 5) is 4.48. The second kappa shape index (κ2) is 8.09. The number of hydrogen-bond acceptors (Lipinski definition) is 4. The maximum Gasteiger partial charge on any atom is 0.151 e. The molecule has 4 nitrogen and oxygen atoms in total. The lowest BCUT2D eigenvalue weighted by atomic mass is 10.0. The maximum atomic E-state index is 6.40. The molecule has 1 aliphatic heterocycles. The van der Waals surface area contributed by atoms with E-state index < -0.39 is 0 Å². The Labute approximate surface area is 137 Å². The van der Waals surface area contributed by atoms with Crippen LogP contribution in [0.4, 0.5) is 0 Å². The number of benzene rings is 1. The van der Waals surface area contributed by atoms with Crippen molar-refractivity contribution in [2.75, 3.05) is 19.7 Å². The van der Waals surface area contributed by atoms with Gasteiger partial charge in [-0.2, -0.15) is 0 Å². The number of hydrogen-bond donors (Lipinski definition) is 1. The summed E-state index contributed by atoms with van der Waals surface area (Å²) in [5.74, 6) is 0.859. The van der Waals surface area contributed by atoms with Crippen molar-refractivity contribution in [1.29, 1.82) is 0 Å². The molecule has 0 amide bonds. The standard InChI is InChI=1S/C19H24N2O2/c1-2-7-16-17(10-6-11-21-16)23-19(15-8-4-3-5-9-15)18-14-20-12-13-22-18/h3-6,8-11,18-20H,2,7,12-14H2,1H3. The average molecular weight is 312 g/mol. The van der Waals surface area contributed by atoms with Gasteiger partial charge >= 0.3 is 0 Å². The fourth-order valence-corrected chi connectivity index (χ4v) is 2.87. The third-order valence-electron chi connectivity index (χ3n) is 4.01. The fraction of sp³-hybridized carbons (Fsp3) is 0.421. The highest BCUT2D eigenvalue weighted by Crippen LogP contribution is 2.29. The van der Waals surface area contributed by atoms with Gasteiger partial charge in [-0.25, -0.2) is 0 Å². The number of nitrogens with one attached hydrogen (secondary N) is 1. The van der Waals surface area contributed by atoms with Crippen molar-refractivity contribution in [2.45, 2.75) is 32.0 Å². The van der Waals surface area contributed by atoms with Gasteiger partial charge in [-0.15, -0.1) is 0 Å². The molecule has 0 aliphatic carbocycles. The third-order valence-corrected chi connectivity index (χ3v) is 4.01. The van der Waals surface area contributed by atoms with Crippen molar-refractivity contribution in [2.24, 2.45) is 0 Å². The molecule has 1 aliphatic rings. The van der Waals surface area contributed by atoms with E-state index in [2.05, 4.69) is 29.4 Å². The summed E-state index contributed by atoms with van der Waals surface area (Å²) in [5, 5.41) is 3.39. The number of aromatic nitrogens is 1. The van der Waals surface area contributed by atoms with Crippen molar-refractivity contribution in [1.82, 2.24) is 10.3 Å². The van der Waals surface area contributed by atoms with Crippen LogP contribution in [0.15, 0.2) is 48.7 Å². The minimum absolute atomic E-state index is 0.000771. The molecular weight excluding hydrogens is 288 g/mol. The van der Waals surface area contributed by atoms with Crippen LogP contribution in [-0.4, -0.2) is 30.8 Å². The van der Waals surface area contributed by atoms with Crippen LogP contribution in [0.3, 0.4) is 0 Å². The van der Waals surface area contributed by atoms with Crippen LogP contribution in [0.25, 0.3) is 0 Å². The van der Waals surface area contributed by atoms with Crippen LogP contribution in [0.5, 0.6) is 5.75 Å². The lowest BCUT2D eigenvalue weighted by molar-refractivity contribution is -0.0436. The Kier molecular flexibility index (Phi) is 5.61. The van der Waals surface area contributed by atoms with Gasteiger partial charge in [-0.05, 0) is 24.1 Å². The second-order valence-electron chi connectivity index (χ2n) is 5.76. The molecule has 1 aromatic heterocycles. The molecule has 2 aromatic rings. The van der Waals surface area contributed by atoms with E-state index in [1.807, 2.05) is 36.5 Å². The zero-order valence-corrected chi connectivity index (χ0v) is 13.6. The largest absolute Gasteiger partial charge is 0.481 e. The van der Waals surface area contributed by atoms with Gasteiger partial charge in [0.2, 0.25) is 0 Å². The van der Waals surface area contributed by atoms with E-state index in [0.29, 0.717) is 6.61 Å². The van der Waals surface area contributed by atoms with Gasteiger partial charge in [0, 0.05) is 19.3 Å². The van der Waals surface area contributed by atoms with E-state index in [1.54, 1.807) is 0 Å². The monoisotopic (exact) mass is 312 g/mol. The first-order valence-corrected chi connectivity index (χ1v) is 8.36. The molecule has 1 N–H and O–H groups in total. The molecule has 0 spiro atoms. The molecule has 0 bridgehead atoms. The Hall–Kier alpha value is -1.91. The number of aryl methyl sites for hydroxylation is 1. The topological polar surface area (TPSA) is 43.4 Å². The van der Waals surface area contributed by atoms with Crippen LogP contribution >= 0.6 is 0 Å². The van der Waals surface area contributed by atoms with Gasteiger partial charge in [0.1, 0.15) is 11.9 Å². The Bertz CT molecular complexity index is 597. The smallest absolute Gasteiger partial charge is 0.151 e. The number of pyridine rings is 1. The lowest BCUT2D eigenvalue weighted by Gasteiger charge is -2.32. The van der Waals surface area contributed by atoms with Crippen LogP contribution in [0.1, 0.15) is 30.7 Å². The van der Waals surface area contributed by atoms with Crippen LogP contribution in [0.2, 0.25) is 0 Å². The number of nitrogens with zero attached hydrogens (tertiary/aromatic N) is 1. The molecule has 3 rings (SSSR count). The first kappa shape index (κ1) is 16.0.